The normalized spacial score (nSPS) is 10.9. The molecule has 0 aliphatic heterocycles. The Morgan fingerprint density at radius 1 is 0.609 bits per heavy atom. The molecule has 0 amide bonds. The molecule has 0 aliphatic carbocycles. The Hall–Kier alpha value is -1.19. The molecular formula is C19H36N4. The van der Waals surface area contributed by atoms with E-state index >= 15 is 0 Å². The summed E-state index contributed by atoms with van der Waals surface area (Å²) in [6.07, 6.45) is 14.3. The maximum absolute atomic E-state index is 4.69. The van der Waals surface area contributed by atoms with Crippen LogP contribution in [0, 0.1) is 0 Å². The molecule has 4 nitrogen and oxygen atoms in total. The van der Waals surface area contributed by atoms with Crippen molar-refractivity contribution < 1.29 is 0 Å². The van der Waals surface area contributed by atoms with Gasteiger partial charge in [0.15, 0.2) is 0 Å². The summed E-state index contributed by atoms with van der Waals surface area (Å²) in [5, 5.41) is 3.37. The molecular weight excluding hydrogens is 284 g/mol. The van der Waals surface area contributed by atoms with Gasteiger partial charge in [-0.3, -0.25) is 0 Å². The van der Waals surface area contributed by atoms with E-state index in [0.29, 0.717) is 0 Å². The summed E-state index contributed by atoms with van der Waals surface area (Å²) < 4.78 is 0. The zero-order valence-electron chi connectivity index (χ0n) is 15.5. The van der Waals surface area contributed by atoms with E-state index in [1.165, 1.54) is 57.8 Å². The van der Waals surface area contributed by atoms with Gasteiger partial charge in [-0.15, -0.1) is 0 Å². The van der Waals surface area contributed by atoms with E-state index in [2.05, 4.69) is 36.1 Å². The third kappa shape index (κ3) is 9.52. The maximum Gasteiger partial charge on any atom is 0.226 e. The third-order valence-corrected chi connectivity index (χ3v) is 4.05. The number of aromatic nitrogens is 3. The predicted molar refractivity (Wildman–Crippen MR) is 98.9 cm³/mol. The van der Waals surface area contributed by atoms with Crippen LogP contribution in [0.2, 0.25) is 0 Å². The Morgan fingerprint density at radius 3 is 1.61 bits per heavy atom. The lowest BCUT2D eigenvalue weighted by Crippen LogP contribution is -2.11. The Balaban J connectivity index is 2.59. The summed E-state index contributed by atoms with van der Waals surface area (Å²) in [4.78, 5) is 13.9. The minimum atomic E-state index is 0.782. The van der Waals surface area contributed by atoms with E-state index in [0.717, 1.165) is 43.4 Å². The zero-order chi connectivity index (χ0) is 16.8. The average molecular weight is 321 g/mol. The number of hydrogen-bond acceptors (Lipinski definition) is 4. The van der Waals surface area contributed by atoms with Gasteiger partial charge in [0.2, 0.25) is 5.95 Å². The Labute approximate surface area is 142 Å². The summed E-state index contributed by atoms with van der Waals surface area (Å²) in [7, 11) is 0. The second kappa shape index (κ2) is 13.3. The van der Waals surface area contributed by atoms with E-state index in [9.17, 15) is 0 Å². The lowest BCUT2D eigenvalue weighted by molar-refractivity contribution is 0.629. The molecule has 0 saturated heterocycles. The van der Waals surface area contributed by atoms with Gasteiger partial charge in [-0.25, -0.2) is 4.98 Å². The Kier molecular flexibility index (Phi) is 11.5. The van der Waals surface area contributed by atoms with Crippen LogP contribution in [0.3, 0.4) is 0 Å². The summed E-state index contributed by atoms with van der Waals surface area (Å²) in [5.74, 6) is 2.73. The van der Waals surface area contributed by atoms with Crippen molar-refractivity contribution in [3.05, 3.63) is 11.6 Å². The van der Waals surface area contributed by atoms with Gasteiger partial charge >= 0.3 is 0 Å². The standard InChI is InChI=1S/C19H36N4/c1-4-7-10-12-14-17-21-18(15-13-11-8-5-2)23-19(22-17)20-16-9-6-3/h4-16H2,1-3H3,(H,20,21,22,23). The molecule has 0 spiro atoms. The Bertz CT molecular complexity index is 376. The number of unbranched alkanes of at least 4 members (excludes halogenated alkanes) is 7. The lowest BCUT2D eigenvalue weighted by Gasteiger charge is -2.09. The molecule has 1 heterocycles. The van der Waals surface area contributed by atoms with Gasteiger partial charge in [0.1, 0.15) is 11.6 Å². The molecule has 1 aromatic rings. The first-order valence-electron chi connectivity index (χ1n) is 9.77. The smallest absolute Gasteiger partial charge is 0.226 e. The summed E-state index contributed by atoms with van der Waals surface area (Å²) in [6.45, 7) is 7.64. The van der Waals surface area contributed by atoms with Crippen molar-refractivity contribution in [3.63, 3.8) is 0 Å². The largest absolute Gasteiger partial charge is 0.354 e. The van der Waals surface area contributed by atoms with E-state index in [4.69, 9.17) is 4.98 Å². The van der Waals surface area contributed by atoms with Crippen LogP contribution in [0.25, 0.3) is 0 Å². The molecule has 0 radical (unpaired) electrons. The van der Waals surface area contributed by atoms with E-state index in [-0.39, 0.29) is 0 Å². The first-order valence-corrected chi connectivity index (χ1v) is 9.77. The van der Waals surface area contributed by atoms with Gasteiger partial charge in [0.05, 0.1) is 0 Å². The van der Waals surface area contributed by atoms with Gasteiger partial charge in [-0.1, -0.05) is 65.7 Å². The molecule has 0 saturated carbocycles. The SMILES string of the molecule is CCCCCCc1nc(CCCCCC)nc(NCCCC)n1. The highest BCUT2D eigenvalue weighted by atomic mass is 15.2. The summed E-state index contributed by atoms with van der Waals surface area (Å²) >= 11 is 0. The molecule has 1 N–H and O–H groups in total. The quantitative estimate of drug-likeness (QED) is 0.471. The fourth-order valence-corrected chi connectivity index (χ4v) is 2.57. The third-order valence-electron chi connectivity index (χ3n) is 4.05. The summed E-state index contributed by atoms with van der Waals surface area (Å²) in [6, 6.07) is 0. The second-order valence-corrected chi connectivity index (χ2v) is 6.39. The van der Waals surface area contributed by atoms with Crippen molar-refractivity contribution in [2.75, 3.05) is 11.9 Å². The highest BCUT2D eigenvalue weighted by molar-refractivity contribution is 5.24. The van der Waals surface area contributed by atoms with Crippen molar-refractivity contribution in [2.45, 2.75) is 97.8 Å². The monoisotopic (exact) mass is 320 g/mol. The van der Waals surface area contributed by atoms with Gasteiger partial charge in [-0.05, 0) is 19.3 Å². The van der Waals surface area contributed by atoms with Gasteiger partial charge in [0, 0.05) is 19.4 Å². The van der Waals surface area contributed by atoms with Crippen molar-refractivity contribution >= 4 is 5.95 Å². The van der Waals surface area contributed by atoms with Crippen molar-refractivity contribution in [1.82, 2.24) is 15.0 Å². The van der Waals surface area contributed by atoms with E-state index < -0.39 is 0 Å². The van der Waals surface area contributed by atoms with Crippen LogP contribution in [0.15, 0.2) is 0 Å². The number of nitrogens with one attached hydrogen (secondary N) is 1. The molecule has 0 atom stereocenters. The average Bonchev–Trinajstić information content (AvgIpc) is 2.56. The number of anilines is 1. The minimum absolute atomic E-state index is 0.782. The molecule has 0 aromatic carbocycles. The van der Waals surface area contributed by atoms with Crippen LogP contribution in [0.5, 0.6) is 0 Å². The van der Waals surface area contributed by atoms with Crippen LogP contribution in [-0.2, 0) is 12.8 Å². The maximum atomic E-state index is 4.69. The van der Waals surface area contributed by atoms with Crippen LogP contribution in [0.4, 0.5) is 5.95 Å². The molecule has 0 aliphatic rings. The van der Waals surface area contributed by atoms with E-state index in [1.54, 1.807) is 0 Å². The minimum Gasteiger partial charge on any atom is -0.354 e. The molecule has 132 valence electrons. The molecule has 23 heavy (non-hydrogen) atoms. The van der Waals surface area contributed by atoms with Crippen LogP contribution in [0.1, 0.15) is 96.6 Å². The highest BCUT2D eigenvalue weighted by Gasteiger charge is 2.06. The fourth-order valence-electron chi connectivity index (χ4n) is 2.57. The van der Waals surface area contributed by atoms with Crippen LogP contribution < -0.4 is 5.32 Å². The zero-order valence-corrected chi connectivity index (χ0v) is 15.5. The molecule has 0 bridgehead atoms. The van der Waals surface area contributed by atoms with Gasteiger partial charge in [-0.2, -0.15) is 9.97 Å². The van der Waals surface area contributed by atoms with Gasteiger partial charge < -0.3 is 5.32 Å². The van der Waals surface area contributed by atoms with Crippen molar-refractivity contribution in [3.8, 4) is 0 Å². The lowest BCUT2D eigenvalue weighted by atomic mass is 10.1. The van der Waals surface area contributed by atoms with Crippen LogP contribution in [-0.4, -0.2) is 21.5 Å². The number of hydrogen-bond donors (Lipinski definition) is 1. The Morgan fingerprint density at radius 2 is 1.13 bits per heavy atom. The molecule has 4 heteroatoms. The second-order valence-electron chi connectivity index (χ2n) is 6.39. The van der Waals surface area contributed by atoms with Crippen molar-refractivity contribution in [2.24, 2.45) is 0 Å². The number of nitrogens with zero attached hydrogens (tertiary/aromatic N) is 3. The first-order chi connectivity index (χ1) is 11.3. The van der Waals surface area contributed by atoms with E-state index in [1.807, 2.05) is 0 Å². The summed E-state index contributed by atoms with van der Waals surface area (Å²) in [5.41, 5.74) is 0. The molecule has 1 aromatic heterocycles. The predicted octanol–water partition coefficient (Wildman–Crippen LogP) is 5.33. The molecule has 0 unspecified atom stereocenters. The number of rotatable bonds is 14. The molecule has 1 rings (SSSR count). The van der Waals surface area contributed by atoms with Gasteiger partial charge in [0.25, 0.3) is 0 Å². The molecule has 0 fully saturated rings. The number of aryl methyl sites for hydroxylation is 2. The highest BCUT2D eigenvalue weighted by Crippen LogP contribution is 2.10. The van der Waals surface area contributed by atoms with Crippen LogP contribution >= 0.6 is 0 Å². The fraction of sp³-hybridized carbons (Fsp3) is 0.842. The first kappa shape index (κ1) is 19.9. The van der Waals surface area contributed by atoms with Crippen molar-refractivity contribution in [1.29, 1.82) is 0 Å². The topological polar surface area (TPSA) is 50.7 Å².